The number of hydrogen-bond donors (Lipinski definition) is 1. The molecule has 0 bridgehead atoms. The molecule has 0 spiro atoms. The molecule has 4 aromatic rings. The summed E-state index contributed by atoms with van der Waals surface area (Å²) in [5.41, 5.74) is -1.83. The lowest BCUT2D eigenvalue weighted by Gasteiger charge is -2.17. The Morgan fingerprint density at radius 1 is 1.00 bits per heavy atom. The Hall–Kier alpha value is -4.25. The van der Waals surface area contributed by atoms with Crippen LogP contribution in [-0.4, -0.2) is 42.5 Å². The maximum Gasteiger partial charge on any atom is 0.280 e. The molecular weight excluding hydrogens is 458 g/mol. The number of pyridine rings is 2. The largest absolute Gasteiger partial charge is 0.493 e. The highest BCUT2D eigenvalue weighted by Crippen LogP contribution is 2.41. The Bertz CT molecular complexity index is 2170. The van der Waals surface area contributed by atoms with Crippen LogP contribution in [0.2, 0.25) is 0 Å². The molecule has 34 heavy (non-hydrogen) atoms. The van der Waals surface area contributed by atoms with Crippen LogP contribution in [0.1, 0.15) is 28.9 Å². The number of nitrogens with zero attached hydrogens (tertiary/aromatic N) is 4. The summed E-state index contributed by atoms with van der Waals surface area (Å²) >= 11 is 0. The van der Waals surface area contributed by atoms with Crippen LogP contribution in [0.5, 0.6) is 23.1 Å². The van der Waals surface area contributed by atoms with Crippen LogP contribution in [0.25, 0.3) is 11.4 Å². The van der Waals surface area contributed by atoms with Crippen molar-refractivity contribution < 1.29 is 45.9 Å². The summed E-state index contributed by atoms with van der Waals surface area (Å²) in [6.07, 6.45) is -3.00. The molecule has 0 aliphatic rings. The van der Waals surface area contributed by atoms with E-state index in [1.807, 2.05) is 0 Å². The first kappa shape index (κ1) is 9.94. The molecule has 0 saturated heterocycles. The fourth-order valence-corrected chi connectivity index (χ4v) is 3.14. The zero-order chi connectivity index (χ0) is 38.7. The Morgan fingerprint density at radius 3 is 2.53 bits per heavy atom. The van der Waals surface area contributed by atoms with E-state index in [1.165, 1.54) is 0 Å². The Kier molecular flexibility index (Phi) is 2.84. The van der Waals surface area contributed by atoms with Crippen molar-refractivity contribution in [2.45, 2.75) is 11.9 Å². The Balaban J connectivity index is 2.14. The van der Waals surface area contributed by atoms with Crippen molar-refractivity contribution in [3.8, 4) is 34.5 Å². The molecule has 11 heteroatoms. The summed E-state index contributed by atoms with van der Waals surface area (Å²) in [7, 11) is -7.89. The molecule has 0 fully saturated rings. The number of benzene rings is 1. The monoisotopic (exact) mass is 496 g/mol. The maximum absolute atomic E-state index is 13.8. The van der Waals surface area contributed by atoms with E-state index in [0.29, 0.717) is 0 Å². The molecule has 0 atom stereocenters. The van der Waals surface area contributed by atoms with Gasteiger partial charge in [-0.05, 0) is 42.6 Å². The van der Waals surface area contributed by atoms with Gasteiger partial charge in [0.25, 0.3) is 15.9 Å². The quantitative estimate of drug-likeness (QED) is 0.387. The third kappa shape index (κ3) is 4.89. The van der Waals surface area contributed by atoms with Gasteiger partial charge in [-0.25, -0.2) is 9.97 Å². The number of sulfonamides is 1. The van der Waals surface area contributed by atoms with Gasteiger partial charge in [-0.15, -0.1) is 0 Å². The predicted molar refractivity (Wildman–Crippen MR) is 125 cm³/mol. The zero-order valence-electron chi connectivity index (χ0n) is 33.7. The smallest absolute Gasteiger partial charge is 0.280 e. The van der Waals surface area contributed by atoms with Crippen molar-refractivity contribution in [3.63, 3.8) is 0 Å². The summed E-state index contributed by atoms with van der Waals surface area (Å²) in [5, 5.41) is -1.41. The average molecular weight is 497 g/mol. The van der Waals surface area contributed by atoms with Crippen molar-refractivity contribution in [1.82, 2.24) is 19.9 Å². The summed E-state index contributed by atoms with van der Waals surface area (Å²) in [5.74, 6) is -6.15. The van der Waals surface area contributed by atoms with E-state index in [1.54, 1.807) is 4.72 Å². The van der Waals surface area contributed by atoms with Gasteiger partial charge in [0, 0.05) is 28.2 Å². The van der Waals surface area contributed by atoms with Crippen molar-refractivity contribution >= 4 is 15.8 Å². The minimum atomic E-state index is -5.41. The van der Waals surface area contributed by atoms with E-state index in [9.17, 15) is 8.42 Å². The average Bonchev–Trinajstić information content (AvgIpc) is 2.99. The highest BCUT2D eigenvalue weighted by atomic mass is 32.2. The molecule has 0 amide bonds. The maximum atomic E-state index is 13.8. The van der Waals surface area contributed by atoms with Crippen LogP contribution in [0.3, 0.4) is 0 Å². The van der Waals surface area contributed by atoms with E-state index in [2.05, 4.69) is 19.9 Å². The van der Waals surface area contributed by atoms with E-state index in [4.69, 9.17) is 37.5 Å². The normalized spacial score (nSPS) is 18.9. The van der Waals surface area contributed by atoms with Gasteiger partial charge >= 0.3 is 0 Å². The molecule has 4 rings (SSSR count). The highest BCUT2D eigenvalue weighted by Gasteiger charge is 2.25. The van der Waals surface area contributed by atoms with Gasteiger partial charge < -0.3 is 14.2 Å². The first-order valence-electron chi connectivity index (χ1n) is 17.2. The standard InChI is InChI=1S/C23H21N5O5S/c1-15-8-9-19(25-14-15)34(29,30)28-22-20(33-18-7-5-4-6-17(18)31-2)23(32-3)27-21(26-22)16-10-12-24-13-11-16/h4-14H,1-3H3,(H,26,27,28)/i1D3,3D3,4D,5D,6D,7D,8D,9D,10D,11D,12D,13D,14D. The minimum Gasteiger partial charge on any atom is -0.493 e. The fourth-order valence-electron chi connectivity index (χ4n) is 2.30. The lowest BCUT2D eigenvalue weighted by atomic mass is 10.2. The second kappa shape index (κ2) is 9.71. The van der Waals surface area contributed by atoms with Crippen LogP contribution >= 0.6 is 0 Å². The van der Waals surface area contributed by atoms with E-state index >= 15 is 0 Å². The Morgan fingerprint density at radius 2 is 1.79 bits per heavy atom. The summed E-state index contributed by atoms with van der Waals surface area (Å²) < 4.78 is 179. The molecule has 10 nitrogen and oxygen atoms in total. The number of methoxy groups -OCH3 is 2. The van der Waals surface area contributed by atoms with Crippen molar-refractivity contribution in [1.29, 1.82) is 0 Å². The van der Waals surface area contributed by atoms with Gasteiger partial charge in [0.1, 0.15) is 0 Å². The molecule has 0 aliphatic heterocycles. The Labute approximate surface area is 220 Å². The van der Waals surface area contributed by atoms with Crippen LogP contribution in [0.15, 0.2) is 71.9 Å². The van der Waals surface area contributed by atoms with Crippen LogP contribution in [-0.2, 0) is 10.0 Å². The van der Waals surface area contributed by atoms with Crippen LogP contribution in [0.4, 0.5) is 5.82 Å². The third-order valence-corrected chi connectivity index (χ3v) is 4.87. The van der Waals surface area contributed by atoms with Gasteiger partial charge in [0.15, 0.2) is 28.2 Å². The molecular formula is C23H21N5O5S. The predicted octanol–water partition coefficient (Wildman–Crippen LogP) is 3.85. The van der Waals surface area contributed by atoms with Crippen molar-refractivity contribution in [2.24, 2.45) is 0 Å². The summed E-state index contributed by atoms with van der Waals surface area (Å²) in [4.78, 5) is 14.5. The first-order chi connectivity index (χ1) is 23.3. The topological polar surface area (TPSA) is 125 Å². The molecule has 3 heterocycles. The third-order valence-electron chi connectivity index (χ3n) is 3.71. The number of para-hydroxylation sites is 2. The molecule has 1 N–H and O–H groups in total. The first-order valence-corrected chi connectivity index (χ1v) is 10.2. The van der Waals surface area contributed by atoms with Crippen molar-refractivity contribution in [2.75, 3.05) is 18.9 Å². The molecule has 3 aromatic heterocycles. The number of nitrogens with one attached hydrogen (secondary N) is 1. The lowest BCUT2D eigenvalue weighted by Crippen LogP contribution is -2.17. The second-order valence-electron chi connectivity index (χ2n) is 5.82. The summed E-state index contributed by atoms with van der Waals surface area (Å²) in [6, 6.07) is -7.79. The second-order valence-corrected chi connectivity index (χ2v) is 7.41. The zero-order valence-corrected chi connectivity index (χ0v) is 17.6. The number of ether oxygens (including phenoxy) is 3. The lowest BCUT2D eigenvalue weighted by molar-refractivity contribution is 0.348. The molecule has 0 saturated carbocycles. The minimum absolute atomic E-state index is 0.694. The van der Waals surface area contributed by atoms with Gasteiger partial charge in [-0.3, -0.25) is 9.71 Å². The molecule has 0 radical (unpaired) electrons. The fraction of sp³-hybridized carbons (Fsp3) is 0.130. The van der Waals surface area contributed by atoms with Gasteiger partial charge in [0.05, 0.1) is 33.3 Å². The number of aromatic nitrogens is 4. The van der Waals surface area contributed by atoms with Crippen LogP contribution < -0.4 is 18.9 Å². The molecule has 0 unspecified atom stereocenters. The highest BCUT2D eigenvalue weighted by molar-refractivity contribution is 7.92. The van der Waals surface area contributed by atoms with Crippen molar-refractivity contribution in [3.05, 3.63) is 72.4 Å². The van der Waals surface area contributed by atoms with Gasteiger partial charge in [0.2, 0.25) is 5.75 Å². The SMILES string of the molecule is [2H]c1nc([2H])c([2H])c(-c2nc(NS(=O)(=O)c3nc([2H])c(C([2H])([2H])[2H])c([2H])c3[2H])c(Oc3c([2H])c([2H])c([2H])c([2H])c3OC)c(OC([2H])([2H])[2H])n2)c1[2H]. The van der Waals surface area contributed by atoms with E-state index < -0.39 is 142 Å². The van der Waals surface area contributed by atoms with Gasteiger partial charge in [-0.2, -0.15) is 13.4 Å². The molecule has 1 aromatic carbocycles. The number of anilines is 1. The van der Waals surface area contributed by atoms with E-state index in [0.717, 1.165) is 7.11 Å². The number of hydrogen-bond acceptors (Lipinski definition) is 9. The van der Waals surface area contributed by atoms with E-state index in [-0.39, 0.29) is 0 Å². The molecule has 174 valence electrons. The van der Waals surface area contributed by atoms with Gasteiger partial charge in [-0.1, -0.05) is 18.1 Å². The number of rotatable bonds is 8. The van der Waals surface area contributed by atoms with Crippen LogP contribution in [0, 0.1) is 6.85 Å². The summed E-state index contributed by atoms with van der Waals surface area (Å²) in [6.45, 7) is -3.16. The molecule has 0 aliphatic carbocycles.